The summed E-state index contributed by atoms with van der Waals surface area (Å²) in [4.78, 5) is 16.3. The Hall–Kier alpha value is -2.17. The van der Waals surface area contributed by atoms with E-state index in [0.717, 1.165) is 23.6 Å². The lowest BCUT2D eigenvalue weighted by Gasteiger charge is -2.14. The maximum Gasteiger partial charge on any atom is 0.269 e. The van der Waals surface area contributed by atoms with Gasteiger partial charge in [-0.05, 0) is 44.9 Å². The van der Waals surface area contributed by atoms with Crippen molar-refractivity contribution in [3.05, 3.63) is 47.0 Å². The topological polar surface area (TPSA) is 59.8 Å². The monoisotopic (exact) mass is 286 g/mol. The fourth-order valence-corrected chi connectivity index (χ4v) is 2.25. The van der Waals surface area contributed by atoms with Crippen molar-refractivity contribution in [2.24, 2.45) is 5.92 Å². The van der Waals surface area contributed by atoms with E-state index in [0.29, 0.717) is 18.2 Å². The highest BCUT2D eigenvalue weighted by Crippen LogP contribution is 2.06. The van der Waals surface area contributed by atoms with Crippen LogP contribution in [0.3, 0.4) is 0 Å². The number of hydrogen-bond acceptors (Lipinski definition) is 3. The lowest BCUT2D eigenvalue weighted by atomic mass is 10.1. The van der Waals surface area contributed by atoms with Crippen LogP contribution in [0.4, 0.5) is 0 Å². The lowest BCUT2D eigenvalue weighted by molar-refractivity contribution is 0.0941. The van der Waals surface area contributed by atoms with E-state index in [-0.39, 0.29) is 5.91 Å². The van der Waals surface area contributed by atoms with Crippen LogP contribution < -0.4 is 5.32 Å². The third-order valence-corrected chi connectivity index (χ3v) is 3.32. The number of nitrogens with one attached hydrogen (secondary N) is 1. The Kier molecular flexibility index (Phi) is 4.73. The van der Waals surface area contributed by atoms with Crippen molar-refractivity contribution in [1.29, 1.82) is 0 Å². The first-order valence-corrected chi connectivity index (χ1v) is 7.18. The molecule has 0 aliphatic rings. The highest BCUT2D eigenvalue weighted by atomic mass is 16.1. The first kappa shape index (κ1) is 15.2. The van der Waals surface area contributed by atoms with E-state index in [1.54, 1.807) is 6.07 Å². The second kappa shape index (κ2) is 6.52. The van der Waals surface area contributed by atoms with Crippen LogP contribution in [-0.4, -0.2) is 27.2 Å². The largest absolute Gasteiger partial charge is 0.350 e. The van der Waals surface area contributed by atoms with Crippen LogP contribution in [0.25, 0.3) is 0 Å². The van der Waals surface area contributed by atoms with E-state index in [1.807, 2.05) is 37.6 Å². The van der Waals surface area contributed by atoms with Gasteiger partial charge in [0.15, 0.2) is 0 Å². The maximum absolute atomic E-state index is 12.0. The highest BCUT2D eigenvalue weighted by molar-refractivity contribution is 5.92. The molecule has 5 heteroatoms. The molecule has 0 spiro atoms. The van der Waals surface area contributed by atoms with Gasteiger partial charge in [0.05, 0.1) is 5.69 Å². The van der Waals surface area contributed by atoms with Gasteiger partial charge in [0.2, 0.25) is 0 Å². The van der Waals surface area contributed by atoms with Crippen LogP contribution in [-0.2, 0) is 6.54 Å². The van der Waals surface area contributed by atoms with Gasteiger partial charge in [0.25, 0.3) is 5.91 Å². The number of amides is 1. The van der Waals surface area contributed by atoms with Crippen LogP contribution in [0, 0.1) is 26.7 Å². The number of rotatable bonds is 5. The molecule has 112 valence electrons. The van der Waals surface area contributed by atoms with Gasteiger partial charge in [-0.3, -0.25) is 9.48 Å². The summed E-state index contributed by atoms with van der Waals surface area (Å²) in [6, 6.07) is 7.51. The molecule has 0 aliphatic heterocycles. The number of aryl methyl sites for hydroxylation is 3. The summed E-state index contributed by atoms with van der Waals surface area (Å²) in [5.41, 5.74) is 3.48. The minimum Gasteiger partial charge on any atom is -0.350 e. The molecule has 1 N–H and O–H groups in total. The Morgan fingerprint density at radius 1 is 1.29 bits per heavy atom. The number of pyridine rings is 1. The molecule has 1 amide bonds. The van der Waals surface area contributed by atoms with Crippen molar-refractivity contribution < 1.29 is 4.79 Å². The van der Waals surface area contributed by atoms with E-state index in [9.17, 15) is 4.79 Å². The van der Waals surface area contributed by atoms with Gasteiger partial charge in [-0.25, -0.2) is 4.98 Å². The third kappa shape index (κ3) is 4.15. The average Bonchev–Trinajstić information content (AvgIpc) is 2.74. The zero-order chi connectivity index (χ0) is 15.4. The molecule has 0 aliphatic carbocycles. The lowest BCUT2D eigenvalue weighted by Crippen LogP contribution is -2.31. The number of hydrogen-bond donors (Lipinski definition) is 1. The zero-order valence-electron chi connectivity index (χ0n) is 13.1. The van der Waals surface area contributed by atoms with Gasteiger partial charge in [0, 0.05) is 24.5 Å². The molecule has 2 aromatic heterocycles. The van der Waals surface area contributed by atoms with Crippen LogP contribution in [0.1, 0.15) is 34.5 Å². The zero-order valence-corrected chi connectivity index (χ0v) is 13.1. The van der Waals surface area contributed by atoms with E-state index in [4.69, 9.17) is 0 Å². The molecule has 2 rings (SSSR count). The summed E-state index contributed by atoms with van der Waals surface area (Å²) < 4.78 is 1.98. The molecule has 2 aromatic rings. The highest BCUT2D eigenvalue weighted by Gasteiger charge is 2.11. The summed E-state index contributed by atoms with van der Waals surface area (Å²) in [6.45, 7) is 9.40. The predicted molar refractivity (Wildman–Crippen MR) is 82.2 cm³/mol. The Morgan fingerprint density at radius 2 is 2.05 bits per heavy atom. The normalized spacial score (nSPS) is 12.2. The summed E-state index contributed by atoms with van der Waals surface area (Å²) in [7, 11) is 0. The number of carbonyl (C=O) groups excluding carboxylic acids is 1. The Labute approximate surface area is 125 Å². The second-order valence-electron chi connectivity index (χ2n) is 5.59. The van der Waals surface area contributed by atoms with Gasteiger partial charge >= 0.3 is 0 Å². The molecule has 0 bridgehead atoms. The van der Waals surface area contributed by atoms with E-state index in [1.165, 1.54) is 0 Å². The molecule has 1 atom stereocenters. The molecule has 2 heterocycles. The molecule has 0 saturated heterocycles. The Morgan fingerprint density at radius 3 is 2.67 bits per heavy atom. The average molecular weight is 286 g/mol. The minimum absolute atomic E-state index is 0.126. The summed E-state index contributed by atoms with van der Waals surface area (Å²) in [6.07, 6.45) is 0. The summed E-state index contributed by atoms with van der Waals surface area (Å²) >= 11 is 0. The fourth-order valence-electron chi connectivity index (χ4n) is 2.25. The molecule has 5 nitrogen and oxygen atoms in total. The Balaban J connectivity index is 1.88. The van der Waals surface area contributed by atoms with Crippen molar-refractivity contribution in [2.45, 2.75) is 34.2 Å². The standard InChI is InChI=1S/C16H22N4O/c1-11(10-20-14(4)8-13(3)19-20)9-17-16(21)15-7-5-6-12(2)18-15/h5-8,11H,9-10H2,1-4H3,(H,17,21)/t11-/m1/s1. The predicted octanol–water partition coefficient (Wildman–Crippen LogP) is 2.27. The van der Waals surface area contributed by atoms with Crippen LogP contribution >= 0.6 is 0 Å². The van der Waals surface area contributed by atoms with E-state index < -0.39 is 0 Å². The van der Waals surface area contributed by atoms with Crippen molar-refractivity contribution >= 4 is 5.91 Å². The molecule has 0 aromatic carbocycles. The van der Waals surface area contributed by atoms with Gasteiger partial charge in [-0.2, -0.15) is 5.10 Å². The van der Waals surface area contributed by atoms with Gasteiger partial charge in [-0.1, -0.05) is 13.0 Å². The fraction of sp³-hybridized carbons (Fsp3) is 0.438. The number of carbonyl (C=O) groups is 1. The second-order valence-corrected chi connectivity index (χ2v) is 5.59. The Bertz CT molecular complexity index is 633. The SMILES string of the molecule is Cc1cccc(C(=O)NC[C@@H](C)Cn2nc(C)cc2C)n1. The van der Waals surface area contributed by atoms with Crippen LogP contribution in [0.15, 0.2) is 24.3 Å². The van der Waals surface area contributed by atoms with Crippen molar-refractivity contribution in [2.75, 3.05) is 6.54 Å². The summed E-state index contributed by atoms with van der Waals surface area (Å²) in [5, 5.41) is 7.37. The summed E-state index contributed by atoms with van der Waals surface area (Å²) in [5.74, 6) is 0.177. The van der Waals surface area contributed by atoms with Crippen LogP contribution in [0.5, 0.6) is 0 Å². The van der Waals surface area contributed by atoms with Crippen molar-refractivity contribution in [3.8, 4) is 0 Å². The maximum atomic E-state index is 12.0. The van der Waals surface area contributed by atoms with Gasteiger partial charge in [0.1, 0.15) is 5.69 Å². The molecule has 0 radical (unpaired) electrons. The smallest absolute Gasteiger partial charge is 0.269 e. The molecular weight excluding hydrogens is 264 g/mol. The molecular formula is C16H22N4O. The molecule has 0 saturated carbocycles. The molecule has 21 heavy (non-hydrogen) atoms. The van der Waals surface area contributed by atoms with E-state index in [2.05, 4.69) is 28.4 Å². The molecule has 0 fully saturated rings. The minimum atomic E-state index is -0.126. The quantitative estimate of drug-likeness (QED) is 0.917. The number of aromatic nitrogens is 3. The van der Waals surface area contributed by atoms with Crippen LogP contribution in [0.2, 0.25) is 0 Å². The van der Waals surface area contributed by atoms with Gasteiger partial charge < -0.3 is 5.32 Å². The molecule has 0 unspecified atom stereocenters. The van der Waals surface area contributed by atoms with E-state index >= 15 is 0 Å². The first-order chi connectivity index (χ1) is 9.95. The van der Waals surface area contributed by atoms with Crippen molar-refractivity contribution in [1.82, 2.24) is 20.1 Å². The number of nitrogens with zero attached hydrogens (tertiary/aromatic N) is 3. The third-order valence-electron chi connectivity index (χ3n) is 3.32. The first-order valence-electron chi connectivity index (χ1n) is 7.18. The van der Waals surface area contributed by atoms with Gasteiger partial charge in [-0.15, -0.1) is 0 Å². The van der Waals surface area contributed by atoms with Crippen molar-refractivity contribution in [3.63, 3.8) is 0 Å².